The lowest BCUT2D eigenvalue weighted by atomic mass is 10.1. The minimum absolute atomic E-state index is 0.0818. The Bertz CT molecular complexity index is 608. The third-order valence-corrected chi connectivity index (χ3v) is 5.20. The largest absolute Gasteiger partial charge is 0.389 e. The van der Waals surface area contributed by atoms with E-state index in [9.17, 15) is 8.42 Å². The van der Waals surface area contributed by atoms with Crippen LogP contribution in [0.5, 0.6) is 0 Å². The van der Waals surface area contributed by atoms with Crippen molar-refractivity contribution in [2.45, 2.75) is 30.7 Å². The van der Waals surface area contributed by atoms with Crippen molar-refractivity contribution in [2.24, 2.45) is 5.73 Å². The van der Waals surface area contributed by atoms with Crippen molar-refractivity contribution in [3.63, 3.8) is 0 Å². The fourth-order valence-corrected chi connectivity index (χ4v) is 3.84. The van der Waals surface area contributed by atoms with E-state index in [0.29, 0.717) is 37.2 Å². The van der Waals surface area contributed by atoms with Gasteiger partial charge in [0.15, 0.2) is 0 Å². The summed E-state index contributed by atoms with van der Waals surface area (Å²) in [5, 5.41) is 0. The molecule has 1 fully saturated rings. The summed E-state index contributed by atoms with van der Waals surface area (Å²) in [7, 11) is -3.57. The SMILES string of the molecule is Cc1ccc(C(N)=S)cc1S(=O)(=O)NC1CCOCC1. The lowest BCUT2D eigenvalue weighted by Crippen LogP contribution is -2.39. The fraction of sp³-hybridized carbons (Fsp3) is 0.462. The van der Waals surface area contributed by atoms with Crippen LogP contribution in [0.2, 0.25) is 0 Å². The van der Waals surface area contributed by atoms with E-state index in [2.05, 4.69) is 4.72 Å². The molecule has 0 unspecified atom stereocenters. The standard InChI is InChI=1S/C13H18N2O3S2/c1-9-2-3-10(13(14)19)8-12(9)20(16,17)15-11-4-6-18-7-5-11/h2-3,8,11,15H,4-7H2,1H3,(H2,14,19). The molecule has 20 heavy (non-hydrogen) atoms. The van der Waals surface area contributed by atoms with Gasteiger partial charge in [0, 0.05) is 24.8 Å². The molecule has 0 amide bonds. The summed E-state index contributed by atoms with van der Waals surface area (Å²) in [6, 6.07) is 4.89. The number of benzene rings is 1. The number of nitrogens with two attached hydrogens (primary N) is 1. The number of nitrogens with one attached hydrogen (secondary N) is 1. The average Bonchev–Trinajstić information content (AvgIpc) is 2.39. The van der Waals surface area contributed by atoms with Gasteiger partial charge in [-0.3, -0.25) is 0 Å². The van der Waals surface area contributed by atoms with Crippen molar-refractivity contribution in [2.75, 3.05) is 13.2 Å². The van der Waals surface area contributed by atoms with Crippen molar-refractivity contribution in [3.8, 4) is 0 Å². The lowest BCUT2D eigenvalue weighted by Gasteiger charge is -2.23. The van der Waals surface area contributed by atoms with Crippen LogP contribution < -0.4 is 10.5 Å². The third kappa shape index (κ3) is 3.54. The maximum atomic E-state index is 12.5. The van der Waals surface area contributed by atoms with Crippen molar-refractivity contribution < 1.29 is 13.2 Å². The van der Waals surface area contributed by atoms with Crippen LogP contribution in [0.4, 0.5) is 0 Å². The number of aryl methyl sites for hydroxylation is 1. The Balaban J connectivity index is 2.28. The van der Waals surface area contributed by atoms with Gasteiger partial charge < -0.3 is 10.5 Å². The Morgan fingerprint density at radius 3 is 2.65 bits per heavy atom. The Labute approximate surface area is 124 Å². The molecule has 2 rings (SSSR count). The third-order valence-electron chi connectivity index (χ3n) is 3.31. The van der Waals surface area contributed by atoms with Crippen molar-refractivity contribution in [1.82, 2.24) is 4.72 Å². The summed E-state index contributed by atoms with van der Waals surface area (Å²) in [5.74, 6) is 0. The van der Waals surface area contributed by atoms with Gasteiger partial charge in [-0.15, -0.1) is 0 Å². The molecule has 0 spiro atoms. The molecular weight excluding hydrogens is 296 g/mol. The summed E-state index contributed by atoms with van der Waals surface area (Å²) in [6.07, 6.45) is 1.38. The summed E-state index contributed by atoms with van der Waals surface area (Å²) in [6.45, 7) is 2.92. The van der Waals surface area contributed by atoms with Gasteiger partial charge in [0.05, 0.1) is 4.90 Å². The summed E-state index contributed by atoms with van der Waals surface area (Å²) in [4.78, 5) is 0.418. The van der Waals surface area contributed by atoms with Gasteiger partial charge in [0.25, 0.3) is 0 Å². The minimum Gasteiger partial charge on any atom is -0.389 e. The highest BCUT2D eigenvalue weighted by Crippen LogP contribution is 2.19. The van der Waals surface area contributed by atoms with E-state index in [0.717, 1.165) is 0 Å². The maximum Gasteiger partial charge on any atom is 0.241 e. The zero-order chi connectivity index (χ0) is 14.8. The van der Waals surface area contributed by atoms with Crippen LogP contribution in [0.3, 0.4) is 0 Å². The number of thiocarbonyl (C=S) groups is 1. The highest BCUT2D eigenvalue weighted by Gasteiger charge is 2.23. The van der Waals surface area contributed by atoms with E-state index in [1.807, 2.05) is 0 Å². The smallest absolute Gasteiger partial charge is 0.241 e. The van der Waals surface area contributed by atoms with Crippen molar-refractivity contribution >= 4 is 27.2 Å². The summed E-state index contributed by atoms with van der Waals surface area (Å²) >= 11 is 4.90. The monoisotopic (exact) mass is 314 g/mol. The van der Waals surface area contributed by atoms with Gasteiger partial charge >= 0.3 is 0 Å². The number of ether oxygens (including phenoxy) is 1. The van der Waals surface area contributed by atoms with Gasteiger partial charge in [-0.2, -0.15) is 0 Å². The number of hydrogen-bond donors (Lipinski definition) is 2. The van der Waals surface area contributed by atoms with E-state index in [1.165, 1.54) is 6.07 Å². The molecular formula is C13H18N2O3S2. The van der Waals surface area contributed by atoms with Crippen molar-refractivity contribution in [1.29, 1.82) is 0 Å². The molecule has 1 aromatic rings. The maximum absolute atomic E-state index is 12.5. The predicted molar refractivity (Wildman–Crippen MR) is 81.2 cm³/mol. The first kappa shape index (κ1) is 15.4. The van der Waals surface area contributed by atoms with Crippen LogP contribution in [-0.4, -0.2) is 32.7 Å². The quantitative estimate of drug-likeness (QED) is 0.813. The van der Waals surface area contributed by atoms with Crippen LogP contribution >= 0.6 is 12.2 Å². The molecule has 3 N–H and O–H groups in total. The second kappa shape index (κ2) is 6.17. The Morgan fingerprint density at radius 1 is 1.40 bits per heavy atom. The number of hydrogen-bond acceptors (Lipinski definition) is 4. The van der Waals surface area contributed by atoms with Crippen LogP contribution in [0.25, 0.3) is 0 Å². The zero-order valence-corrected chi connectivity index (χ0v) is 12.9. The van der Waals surface area contributed by atoms with Crippen LogP contribution in [-0.2, 0) is 14.8 Å². The van der Waals surface area contributed by atoms with Gasteiger partial charge in [-0.05, 0) is 31.4 Å². The summed E-state index contributed by atoms with van der Waals surface area (Å²) in [5.41, 5.74) is 6.78. The van der Waals surface area contributed by atoms with Crippen LogP contribution in [0.1, 0.15) is 24.0 Å². The Kier molecular flexibility index (Phi) is 4.74. The minimum atomic E-state index is -3.57. The molecule has 1 heterocycles. The highest BCUT2D eigenvalue weighted by molar-refractivity contribution is 7.89. The Morgan fingerprint density at radius 2 is 2.05 bits per heavy atom. The van der Waals surface area contributed by atoms with Gasteiger partial charge in [-0.25, -0.2) is 13.1 Å². The van der Waals surface area contributed by atoms with Crippen LogP contribution in [0, 0.1) is 6.92 Å². The molecule has 0 saturated carbocycles. The first-order chi connectivity index (χ1) is 9.40. The normalized spacial score (nSPS) is 17.1. The topological polar surface area (TPSA) is 81.4 Å². The van der Waals surface area contributed by atoms with Gasteiger partial charge in [-0.1, -0.05) is 24.4 Å². The molecule has 0 bridgehead atoms. The molecule has 5 nitrogen and oxygen atoms in total. The number of sulfonamides is 1. The molecule has 110 valence electrons. The van der Waals surface area contributed by atoms with E-state index in [4.69, 9.17) is 22.7 Å². The second-order valence-corrected chi connectivity index (χ2v) is 6.97. The zero-order valence-electron chi connectivity index (χ0n) is 11.3. The van der Waals surface area contributed by atoms with Gasteiger partial charge in [0.1, 0.15) is 4.99 Å². The number of rotatable bonds is 4. The van der Waals surface area contributed by atoms with Crippen LogP contribution in [0.15, 0.2) is 23.1 Å². The molecule has 0 atom stereocenters. The first-order valence-electron chi connectivity index (χ1n) is 6.40. The molecule has 7 heteroatoms. The lowest BCUT2D eigenvalue weighted by molar-refractivity contribution is 0.0832. The summed E-state index contributed by atoms with van der Waals surface area (Å²) < 4.78 is 32.9. The average molecular weight is 314 g/mol. The molecule has 1 aromatic carbocycles. The molecule has 1 saturated heterocycles. The van der Waals surface area contributed by atoms with Crippen molar-refractivity contribution in [3.05, 3.63) is 29.3 Å². The molecule has 0 aromatic heterocycles. The first-order valence-corrected chi connectivity index (χ1v) is 8.30. The Hall–Kier alpha value is -1.02. The van der Waals surface area contributed by atoms with E-state index >= 15 is 0 Å². The molecule has 0 radical (unpaired) electrons. The van der Waals surface area contributed by atoms with E-state index in [1.54, 1.807) is 19.1 Å². The molecule has 1 aliphatic heterocycles. The van der Waals surface area contributed by atoms with E-state index < -0.39 is 10.0 Å². The molecule has 0 aliphatic carbocycles. The van der Waals surface area contributed by atoms with Gasteiger partial charge in [0.2, 0.25) is 10.0 Å². The highest BCUT2D eigenvalue weighted by atomic mass is 32.2. The van der Waals surface area contributed by atoms with E-state index in [-0.39, 0.29) is 15.9 Å². The molecule has 1 aliphatic rings. The predicted octanol–water partition coefficient (Wildman–Crippen LogP) is 1.09. The second-order valence-electron chi connectivity index (χ2n) is 4.85. The fourth-order valence-electron chi connectivity index (χ4n) is 2.14.